The summed E-state index contributed by atoms with van der Waals surface area (Å²) in [5.41, 5.74) is 1.50. The minimum Gasteiger partial charge on any atom is -0.489 e. The van der Waals surface area contributed by atoms with Crippen LogP contribution < -0.4 is 4.74 Å². The summed E-state index contributed by atoms with van der Waals surface area (Å²) >= 11 is 0. The normalized spacial score (nSPS) is 10.4. The predicted molar refractivity (Wildman–Crippen MR) is 78.1 cm³/mol. The van der Waals surface area contributed by atoms with Crippen LogP contribution in [0.1, 0.15) is 34.8 Å². The molecule has 2 aromatic carbocycles. The molecule has 2 aromatic rings. The molecule has 0 atom stereocenters. The zero-order valence-electron chi connectivity index (χ0n) is 11.8. The summed E-state index contributed by atoms with van der Waals surface area (Å²) in [5, 5.41) is 8.78. The highest BCUT2D eigenvalue weighted by Gasteiger charge is 2.08. The maximum Gasteiger partial charge on any atom is 0.335 e. The van der Waals surface area contributed by atoms with Gasteiger partial charge in [0.1, 0.15) is 18.2 Å². The summed E-state index contributed by atoms with van der Waals surface area (Å²) in [6.07, 6.45) is 2.10. The lowest BCUT2D eigenvalue weighted by Gasteiger charge is -2.08. The fourth-order valence-corrected chi connectivity index (χ4v) is 2.00. The topological polar surface area (TPSA) is 46.5 Å². The first-order chi connectivity index (χ1) is 10.1. The Morgan fingerprint density at radius 2 is 1.90 bits per heavy atom. The lowest BCUT2D eigenvalue weighted by molar-refractivity contribution is 0.0696. The lowest BCUT2D eigenvalue weighted by Crippen LogP contribution is -2.02. The summed E-state index contributed by atoms with van der Waals surface area (Å²) in [7, 11) is 0. The Morgan fingerprint density at radius 3 is 2.48 bits per heavy atom. The average Bonchev–Trinajstić information content (AvgIpc) is 2.47. The molecule has 3 nitrogen and oxygen atoms in total. The molecule has 21 heavy (non-hydrogen) atoms. The first kappa shape index (κ1) is 15.0. The van der Waals surface area contributed by atoms with E-state index in [1.165, 1.54) is 17.7 Å². The van der Waals surface area contributed by atoms with Crippen molar-refractivity contribution in [3.63, 3.8) is 0 Å². The SMILES string of the molecule is CCCc1ccc(OCc2ccc(C(=O)O)cc2F)cc1. The smallest absolute Gasteiger partial charge is 0.335 e. The molecule has 0 amide bonds. The van der Waals surface area contributed by atoms with Gasteiger partial charge >= 0.3 is 5.97 Å². The third kappa shape index (κ3) is 4.05. The number of rotatable bonds is 6. The first-order valence-corrected chi connectivity index (χ1v) is 6.83. The van der Waals surface area contributed by atoms with Crippen molar-refractivity contribution in [2.24, 2.45) is 0 Å². The van der Waals surface area contributed by atoms with E-state index in [0.717, 1.165) is 18.9 Å². The molecule has 0 saturated carbocycles. The highest BCUT2D eigenvalue weighted by molar-refractivity contribution is 5.87. The van der Waals surface area contributed by atoms with E-state index in [2.05, 4.69) is 6.92 Å². The second kappa shape index (κ2) is 6.88. The van der Waals surface area contributed by atoms with Gasteiger partial charge in [0.05, 0.1) is 5.56 Å². The second-order valence-electron chi connectivity index (χ2n) is 4.79. The zero-order chi connectivity index (χ0) is 15.2. The van der Waals surface area contributed by atoms with Crippen LogP contribution in [0.3, 0.4) is 0 Å². The molecule has 4 heteroatoms. The highest BCUT2D eigenvalue weighted by atomic mass is 19.1. The number of hydrogen-bond acceptors (Lipinski definition) is 2. The van der Waals surface area contributed by atoms with Crippen molar-refractivity contribution in [3.05, 3.63) is 65.0 Å². The quantitative estimate of drug-likeness (QED) is 0.872. The summed E-state index contributed by atoms with van der Waals surface area (Å²) < 4.78 is 19.3. The maximum atomic E-state index is 13.7. The first-order valence-electron chi connectivity index (χ1n) is 6.83. The predicted octanol–water partition coefficient (Wildman–Crippen LogP) is 4.06. The Bertz CT molecular complexity index is 620. The number of carboxylic acid groups (broad SMARTS) is 1. The number of hydrogen-bond donors (Lipinski definition) is 1. The second-order valence-corrected chi connectivity index (χ2v) is 4.79. The molecule has 1 N–H and O–H groups in total. The molecule has 0 bridgehead atoms. The largest absolute Gasteiger partial charge is 0.489 e. The fraction of sp³-hybridized carbons (Fsp3) is 0.235. The Hall–Kier alpha value is -2.36. The fourth-order valence-electron chi connectivity index (χ4n) is 2.00. The maximum absolute atomic E-state index is 13.7. The third-order valence-electron chi connectivity index (χ3n) is 3.16. The van der Waals surface area contributed by atoms with Gasteiger partial charge in [0.2, 0.25) is 0 Å². The van der Waals surface area contributed by atoms with Gasteiger partial charge in [-0.05, 0) is 36.2 Å². The Labute approximate surface area is 123 Å². The molecule has 0 spiro atoms. The third-order valence-corrected chi connectivity index (χ3v) is 3.16. The Balaban J connectivity index is 2.01. The molecule has 0 radical (unpaired) electrons. The van der Waals surface area contributed by atoms with Crippen LogP contribution in [0.5, 0.6) is 5.75 Å². The van der Waals surface area contributed by atoms with Gasteiger partial charge in [0.25, 0.3) is 0 Å². The highest BCUT2D eigenvalue weighted by Crippen LogP contribution is 2.17. The number of carboxylic acids is 1. The standard InChI is InChI=1S/C17H17FO3/c1-2-3-12-4-8-15(9-5-12)21-11-14-7-6-13(17(19)20)10-16(14)18/h4-10H,2-3,11H2,1H3,(H,19,20). The molecule has 0 heterocycles. The monoisotopic (exact) mass is 288 g/mol. The molecule has 2 rings (SSSR count). The minimum atomic E-state index is -1.15. The van der Waals surface area contributed by atoms with Gasteiger partial charge < -0.3 is 9.84 Å². The van der Waals surface area contributed by atoms with Crippen LogP contribution >= 0.6 is 0 Å². The van der Waals surface area contributed by atoms with Gasteiger partial charge in [-0.2, -0.15) is 0 Å². The molecular weight excluding hydrogens is 271 g/mol. The molecule has 0 aromatic heterocycles. The van der Waals surface area contributed by atoms with Crippen LogP contribution in [-0.4, -0.2) is 11.1 Å². The van der Waals surface area contributed by atoms with Gasteiger partial charge in [0.15, 0.2) is 0 Å². The minimum absolute atomic E-state index is 0.0683. The van der Waals surface area contributed by atoms with Crippen LogP contribution in [0, 0.1) is 5.82 Å². The number of carbonyl (C=O) groups is 1. The number of ether oxygens (including phenoxy) is 1. The zero-order valence-corrected chi connectivity index (χ0v) is 11.8. The average molecular weight is 288 g/mol. The van der Waals surface area contributed by atoms with Crippen LogP contribution in [0.15, 0.2) is 42.5 Å². The van der Waals surface area contributed by atoms with Crippen molar-refractivity contribution in [2.45, 2.75) is 26.4 Å². The van der Waals surface area contributed by atoms with Crippen molar-refractivity contribution in [1.29, 1.82) is 0 Å². The van der Waals surface area contributed by atoms with Gasteiger partial charge in [-0.25, -0.2) is 9.18 Å². The number of benzene rings is 2. The van der Waals surface area contributed by atoms with E-state index >= 15 is 0 Å². The van der Waals surface area contributed by atoms with E-state index < -0.39 is 11.8 Å². The van der Waals surface area contributed by atoms with Crippen LogP contribution in [0.25, 0.3) is 0 Å². The molecule has 0 fully saturated rings. The van der Waals surface area contributed by atoms with Crippen LogP contribution in [-0.2, 0) is 13.0 Å². The molecule has 110 valence electrons. The number of aromatic carboxylic acids is 1. The molecule has 0 aliphatic heterocycles. The number of halogens is 1. The number of aryl methyl sites for hydroxylation is 1. The van der Waals surface area contributed by atoms with Crippen molar-refractivity contribution >= 4 is 5.97 Å². The lowest BCUT2D eigenvalue weighted by atomic mass is 10.1. The Kier molecular flexibility index (Phi) is 4.93. The molecular formula is C17H17FO3. The summed E-state index contributed by atoms with van der Waals surface area (Å²) in [6.45, 7) is 2.19. The van der Waals surface area contributed by atoms with E-state index in [9.17, 15) is 9.18 Å². The van der Waals surface area contributed by atoms with E-state index in [1.54, 1.807) is 0 Å². The van der Waals surface area contributed by atoms with Crippen LogP contribution in [0.2, 0.25) is 0 Å². The van der Waals surface area contributed by atoms with E-state index in [1.807, 2.05) is 24.3 Å². The van der Waals surface area contributed by atoms with Crippen molar-refractivity contribution in [2.75, 3.05) is 0 Å². The summed E-state index contributed by atoms with van der Waals surface area (Å²) in [5.74, 6) is -1.05. The van der Waals surface area contributed by atoms with Crippen molar-refractivity contribution in [1.82, 2.24) is 0 Å². The summed E-state index contributed by atoms with van der Waals surface area (Å²) in [4.78, 5) is 10.7. The summed E-state index contributed by atoms with van der Waals surface area (Å²) in [6, 6.07) is 11.5. The molecule has 0 aliphatic rings. The van der Waals surface area contributed by atoms with E-state index in [-0.39, 0.29) is 12.2 Å². The Morgan fingerprint density at radius 1 is 1.19 bits per heavy atom. The van der Waals surface area contributed by atoms with Gasteiger partial charge in [-0.1, -0.05) is 31.5 Å². The van der Waals surface area contributed by atoms with Crippen LogP contribution in [0.4, 0.5) is 4.39 Å². The van der Waals surface area contributed by atoms with E-state index in [0.29, 0.717) is 11.3 Å². The van der Waals surface area contributed by atoms with Gasteiger partial charge in [0, 0.05) is 5.56 Å². The van der Waals surface area contributed by atoms with Gasteiger partial charge in [-0.3, -0.25) is 0 Å². The molecule has 0 unspecified atom stereocenters. The van der Waals surface area contributed by atoms with Crippen molar-refractivity contribution in [3.8, 4) is 5.75 Å². The van der Waals surface area contributed by atoms with Gasteiger partial charge in [-0.15, -0.1) is 0 Å². The van der Waals surface area contributed by atoms with E-state index in [4.69, 9.17) is 9.84 Å². The van der Waals surface area contributed by atoms with Crippen molar-refractivity contribution < 1.29 is 19.0 Å². The molecule has 0 aliphatic carbocycles. The molecule has 0 saturated heterocycles.